The minimum atomic E-state index is -3.74. The van der Waals surface area contributed by atoms with Crippen molar-refractivity contribution in [1.82, 2.24) is 4.31 Å². The Morgan fingerprint density at radius 3 is 2.59 bits per heavy atom. The largest absolute Gasteiger partial charge is 0.495 e. The number of anilines is 1. The van der Waals surface area contributed by atoms with Crippen LogP contribution in [-0.4, -0.2) is 52.0 Å². The Bertz CT molecular complexity index is 1260. The van der Waals surface area contributed by atoms with Crippen molar-refractivity contribution in [3.8, 4) is 5.75 Å². The van der Waals surface area contributed by atoms with E-state index in [9.17, 15) is 13.2 Å². The molecule has 166 valence electrons. The van der Waals surface area contributed by atoms with Gasteiger partial charge in [0.2, 0.25) is 15.9 Å². The van der Waals surface area contributed by atoms with Crippen molar-refractivity contribution in [2.45, 2.75) is 4.90 Å². The summed E-state index contributed by atoms with van der Waals surface area (Å²) in [6, 6.07) is 18.3. The monoisotopic (exact) mass is 452 g/mol. The van der Waals surface area contributed by atoms with Crippen LogP contribution in [-0.2, 0) is 19.6 Å². The molecule has 1 amide bonds. The maximum absolute atomic E-state index is 13.1. The van der Waals surface area contributed by atoms with E-state index >= 15 is 0 Å². The molecule has 1 N–H and O–H groups in total. The summed E-state index contributed by atoms with van der Waals surface area (Å²) in [5, 5.41) is 4.86. The maximum Gasteiger partial charge on any atom is 0.248 e. The van der Waals surface area contributed by atoms with Crippen LogP contribution < -0.4 is 10.1 Å². The number of carbonyl (C=O) groups is 1. The van der Waals surface area contributed by atoms with Crippen molar-refractivity contribution in [3.05, 3.63) is 72.3 Å². The van der Waals surface area contributed by atoms with Gasteiger partial charge in [0, 0.05) is 30.2 Å². The molecule has 32 heavy (non-hydrogen) atoms. The summed E-state index contributed by atoms with van der Waals surface area (Å²) in [6.07, 6.45) is 2.97. The second-order valence-electron chi connectivity index (χ2n) is 7.28. The zero-order valence-corrected chi connectivity index (χ0v) is 18.5. The van der Waals surface area contributed by atoms with E-state index in [1.54, 1.807) is 18.2 Å². The number of morpholine rings is 1. The lowest BCUT2D eigenvalue weighted by atomic mass is 10.1. The van der Waals surface area contributed by atoms with E-state index in [2.05, 4.69) is 5.32 Å². The number of methoxy groups -OCH3 is 1. The van der Waals surface area contributed by atoms with Crippen molar-refractivity contribution in [3.63, 3.8) is 0 Å². The van der Waals surface area contributed by atoms with Gasteiger partial charge in [-0.3, -0.25) is 4.79 Å². The molecule has 1 fully saturated rings. The minimum absolute atomic E-state index is 0.0681. The fraction of sp³-hybridized carbons (Fsp3) is 0.208. The Kier molecular flexibility index (Phi) is 6.55. The number of hydrogen-bond donors (Lipinski definition) is 1. The predicted octanol–water partition coefficient (Wildman–Crippen LogP) is 3.52. The molecule has 0 aromatic heterocycles. The Morgan fingerprint density at radius 2 is 1.81 bits per heavy atom. The lowest BCUT2D eigenvalue weighted by molar-refractivity contribution is -0.111. The average Bonchev–Trinajstić information content (AvgIpc) is 2.83. The second kappa shape index (κ2) is 9.52. The first-order valence-corrected chi connectivity index (χ1v) is 11.7. The molecule has 8 heteroatoms. The van der Waals surface area contributed by atoms with E-state index in [-0.39, 0.29) is 16.6 Å². The van der Waals surface area contributed by atoms with Crippen LogP contribution in [0.3, 0.4) is 0 Å². The number of nitrogens with zero attached hydrogens (tertiary/aromatic N) is 1. The maximum atomic E-state index is 13.1. The van der Waals surface area contributed by atoms with Crippen LogP contribution in [0.4, 0.5) is 5.69 Å². The third-order valence-electron chi connectivity index (χ3n) is 5.25. The zero-order chi connectivity index (χ0) is 22.6. The van der Waals surface area contributed by atoms with Crippen molar-refractivity contribution in [2.75, 3.05) is 38.7 Å². The highest BCUT2D eigenvalue weighted by Crippen LogP contribution is 2.29. The van der Waals surface area contributed by atoms with E-state index in [0.717, 1.165) is 10.8 Å². The third kappa shape index (κ3) is 4.67. The molecule has 0 unspecified atom stereocenters. The molecule has 7 nitrogen and oxygen atoms in total. The average molecular weight is 453 g/mol. The highest BCUT2D eigenvalue weighted by atomic mass is 32.2. The van der Waals surface area contributed by atoms with Crippen molar-refractivity contribution < 1.29 is 22.7 Å². The Labute approximate surface area is 187 Å². The number of sulfonamides is 1. The summed E-state index contributed by atoms with van der Waals surface area (Å²) in [5.74, 6) is -0.0522. The summed E-state index contributed by atoms with van der Waals surface area (Å²) in [6.45, 7) is 1.29. The van der Waals surface area contributed by atoms with E-state index < -0.39 is 10.0 Å². The lowest BCUT2D eigenvalue weighted by Crippen LogP contribution is -2.40. The Balaban J connectivity index is 1.56. The highest BCUT2D eigenvalue weighted by molar-refractivity contribution is 7.89. The lowest BCUT2D eigenvalue weighted by Gasteiger charge is -2.26. The van der Waals surface area contributed by atoms with Gasteiger partial charge in [-0.25, -0.2) is 8.42 Å². The van der Waals surface area contributed by atoms with Gasteiger partial charge in [0.15, 0.2) is 0 Å². The minimum Gasteiger partial charge on any atom is -0.495 e. The van der Waals surface area contributed by atoms with Crippen LogP contribution in [0.25, 0.3) is 16.8 Å². The third-order valence-corrected chi connectivity index (χ3v) is 7.17. The van der Waals surface area contributed by atoms with Gasteiger partial charge in [0.1, 0.15) is 10.6 Å². The Hall–Kier alpha value is -3.20. The zero-order valence-electron chi connectivity index (χ0n) is 17.7. The van der Waals surface area contributed by atoms with E-state index in [1.807, 2.05) is 42.5 Å². The Morgan fingerprint density at radius 1 is 1.06 bits per heavy atom. The first-order valence-electron chi connectivity index (χ1n) is 10.2. The second-order valence-corrected chi connectivity index (χ2v) is 9.18. The normalized spacial score (nSPS) is 15.2. The molecular formula is C24H24N2O5S. The summed E-state index contributed by atoms with van der Waals surface area (Å²) in [7, 11) is -2.31. The van der Waals surface area contributed by atoms with E-state index in [4.69, 9.17) is 9.47 Å². The van der Waals surface area contributed by atoms with Crippen LogP contribution in [0, 0.1) is 0 Å². The molecule has 1 heterocycles. The van der Waals surface area contributed by atoms with E-state index in [0.29, 0.717) is 37.6 Å². The molecule has 0 radical (unpaired) electrons. The van der Waals surface area contributed by atoms with Gasteiger partial charge in [-0.1, -0.05) is 42.5 Å². The molecule has 0 atom stereocenters. The summed E-state index contributed by atoms with van der Waals surface area (Å²) < 4.78 is 38.1. The number of carbonyl (C=O) groups excluding carboxylic acids is 1. The number of benzene rings is 3. The van der Waals surface area contributed by atoms with Gasteiger partial charge >= 0.3 is 0 Å². The molecule has 0 spiro atoms. The van der Waals surface area contributed by atoms with Crippen LogP contribution in [0.2, 0.25) is 0 Å². The number of amides is 1. The van der Waals surface area contributed by atoms with Crippen LogP contribution >= 0.6 is 0 Å². The molecule has 3 aromatic carbocycles. The van der Waals surface area contributed by atoms with Gasteiger partial charge in [0.25, 0.3) is 0 Å². The quantitative estimate of drug-likeness (QED) is 0.579. The molecular weight excluding hydrogens is 428 g/mol. The topological polar surface area (TPSA) is 84.9 Å². The SMILES string of the molecule is COc1ccc(/C=C/C(=O)Nc2cccc3ccccc23)cc1S(=O)(=O)N1CCOCC1. The van der Waals surface area contributed by atoms with Gasteiger partial charge in [0.05, 0.1) is 20.3 Å². The van der Waals surface area contributed by atoms with Crippen LogP contribution in [0.5, 0.6) is 5.75 Å². The molecule has 4 rings (SSSR count). The number of fused-ring (bicyclic) bond motifs is 1. The number of hydrogen-bond acceptors (Lipinski definition) is 5. The highest BCUT2D eigenvalue weighted by Gasteiger charge is 2.29. The van der Waals surface area contributed by atoms with Crippen LogP contribution in [0.15, 0.2) is 71.6 Å². The molecule has 0 bridgehead atoms. The van der Waals surface area contributed by atoms with E-state index in [1.165, 1.54) is 23.6 Å². The standard InChI is InChI=1S/C24H24N2O5S/c1-30-22-11-9-18(17-23(22)32(28,29)26-13-15-31-16-14-26)10-12-24(27)25-21-8-4-6-19-5-2-3-7-20(19)21/h2-12,17H,13-16H2,1H3,(H,25,27)/b12-10+. The van der Waals surface area contributed by atoms with Crippen molar-refractivity contribution in [1.29, 1.82) is 0 Å². The number of rotatable bonds is 6. The molecule has 0 saturated carbocycles. The molecule has 1 saturated heterocycles. The number of nitrogens with one attached hydrogen (secondary N) is 1. The first kappa shape index (κ1) is 22.0. The van der Waals surface area contributed by atoms with Gasteiger partial charge < -0.3 is 14.8 Å². The summed E-state index contributed by atoms with van der Waals surface area (Å²) >= 11 is 0. The smallest absolute Gasteiger partial charge is 0.248 e. The molecule has 1 aliphatic rings. The summed E-state index contributed by atoms with van der Waals surface area (Å²) in [5.41, 5.74) is 1.29. The van der Waals surface area contributed by atoms with Crippen LogP contribution in [0.1, 0.15) is 5.56 Å². The summed E-state index contributed by atoms with van der Waals surface area (Å²) in [4.78, 5) is 12.6. The predicted molar refractivity (Wildman–Crippen MR) is 124 cm³/mol. The first-order chi connectivity index (χ1) is 15.5. The van der Waals surface area contributed by atoms with Gasteiger partial charge in [-0.2, -0.15) is 4.31 Å². The fourth-order valence-electron chi connectivity index (χ4n) is 3.61. The van der Waals surface area contributed by atoms with Gasteiger partial charge in [-0.15, -0.1) is 0 Å². The van der Waals surface area contributed by atoms with Gasteiger partial charge in [-0.05, 0) is 35.2 Å². The molecule has 0 aliphatic carbocycles. The van der Waals surface area contributed by atoms with Crippen molar-refractivity contribution in [2.24, 2.45) is 0 Å². The van der Waals surface area contributed by atoms with Crippen molar-refractivity contribution >= 4 is 38.5 Å². The fourth-order valence-corrected chi connectivity index (χ4v) is 5.20. The number of ether oxygens (including phenoxy) is 2. The molecule has 3 aromatic rings. The molecule has 1 aliphatic heterocycles.